The Bertz CT molecular complexity index is 730. The minimum absolute atomic E-state index is 0.0553. The van der Waals surface area contributed by atoms with Gasteiger partial charge in [-0.15, -0.1) is 0 Å². The van der Waals surface area contributed by atoms with Crippen LogP contribution in [0.1, 0.15) is 32.3 Å². The summed E-state index contributed by atoms with van der Waals surface area (Å²) in [5.41, 5.74) is 0.656. The summed E-state index contributed by atoms with van der Waals surface area (Å²) in [5.74, 6) is -0.950. The van der Waals surface area contributed by atoms with Gasteiger partial charge in [0.25, 0.3) is 0 Å². The topological polar surface area (TPSA) is 104 Å². The third-order valence-electron chi connectivity index (χ3n) is 4.39. The number of aliphatic carboxylic acids is 1. The Labute approximate surface area is 148 Å². The van der Waals surface area contributed by atoms with Crippen molar-refractivity contribution in [1.29, 1.82) is 0 Å². The number of rotatable bonds is 6. The number of carboxylic acid groups (broad SMARTS) is 1. The van der Waals surface area contributed by atoms with Crippen LogP contribution in [0.4, 0.5) is 0 Å². The second kappa shape index (κ2) is 7.97. The Kier molecular flexibility index (Phi) is 6.18. The molecule has 8 heteroatoms. The molecule has 2 N–H and O–H groups in total. The molecular formula is C17H24N2O5S. The van der Waals surface area contributed by atoms with E-state index >= 15 is 0 Å². The van der Waals surface area contributed by atoms with Gasteiger partial charge in [-0.3, -0.25) is 4.79 Å². The van der Waals surface area contributed by atoms with Gasteiger partial charge in [-0.2, -0.15) is 0 Å². The molecule has 2 atom stereocenters. The van der Waals surface area contributed by atoms with Crippen molar-refractivity contribution in [3.05, 3.63) is 29.8 Å². The summed E-state index contributed by atoms with van der Waals surface area (Å²) in [6.07, 6.45) is 1.30. The van der Waals surface area contributed by atoms with Crippen LogP contribution in [0.15, 0.2) is 29.2 Å². The molecule has 2 rings (SSSR count). The van der Waals surface area contributed by atoms with E-state index in [0.29, 0.717) is 25.1 Å². The van der Waals surface area contributed by atoms with Gasteiger partial charge in [0.05, 0.1) is 11.3 Å². The number of nitrogens with zero attached hydrogens (tertiary/aromatic N) is 1. The highest BCUT2D eigenvalue weighted by Gasteiger charge is 2.34. The van der Waals surface area contributed by atoms with Crippen molar-refractivity contribution in [1.82, 2.24) is 9.62 Å². The van der Waals surface area contributed by atoms with Crippen LogP contribution in [0.2, 0.25) is 0 Å². The summed E-state index contributed by atoms with van der Waals surface area (Å²) in [5, 5.41) is 9.35. The van der Waals surface area contributed by atoms with E-state index in [4.69, 9.17) is 0 Å². The lowest BCUT2D eigenvalue weighted by atomic mass is 9.92. The number of piperidine rings is 1. The highest BCUT2D eigenvalue weighted by atomic mass is 32.2. The van der Waals surface area contributed by atoms with Crippen LogP contribution in [0, 0.1) is 5.92 Å². The van der Waals surface area contributed by atoms with Crippen molar-refractivity contribution in [2.45, 2.75) is 44.0 Å². The van der Waals surface area contributed by atoms with E-state index < -0.39 is 22.0 Å². The predicted octanol–water partition coefficient (Wildman–Crippen LogP) is 1.24. The van der Waals surface area contributed by atoms with Gasteiger partial charge < -0.3 is 10.0 Å². The van der Waals surface area contributed by atoms with E-state index in [1.807, 2.05) is 6.92 Å². The summed E-state index contributed by atoms with van der Waals surface area (Å²) in [6.45, 7) is 4.42. The highest BCUT2D eigenvalue weighted by Crippen LogP contribution is 2.23. The van der Waals surface area contributed by atoms with Gasteiger partial charge >= 0.3 is 5.97 Å². The first kappa shape index (κ1) is 19.4. The fourth-order valence-electron chi connectivity index (χ4n) is 3.01. The molecule has 0 saturated carbocycles. The van der Waals surface area contributed by atoms with Crippen molar-refractivity contribution >= 4 is 21.9 Å². The fraction of sp³-hybridized carbons (Fsp3) is 0.529. The number of carboxylic acids is 1. The van der Waals surface area contributed by atoms with Gasteiger partial charge in [0.15, 0.2) is 0 Å². The van der Waals surface area contributed by atoms with Crippen LogP contribution in [0.25, 0.3) is 0 Å². The molecule has 2 unspecified atom stereocenters. The number of amides is 1. The number of benzene rings is 1. The Hall–Kier alpha value is -1.93. The zero-order chi connectivity index (χ0) is 18.6. The molecule has 1 saturated heterocycles. The number of likely N-dealkylation sites (tertiary alicyclic amines) is 1. The van der Waals surface area contributed by atoms with Gasteiger partial charge in [-0.1, -0.05) is 26.0 Å². The number of hydrogen-bond donors (Lipinski definition) is 2. The molecule has 1 aliphatic heterocycles. The van der Waals surface area contributed by atoms with Gasteiger partial charge in [-0.25, -0.2) is 17.9 Å². The van der Waals surface area contributed by atoms with Crippen LogP contribution >= 0.6 is 0 Å². The lowest BCUT2D eigenvalue weighted by Crippen LogP contribution is -2.50. The molecule has 1 aromatic carbocycles. The first-order chi connectivity index (χ1) is 11.7. The standard InChI is InChI=1S/C17H24N2O5S/c1-3-18-25(23,24)14-6-4-13(5-7-14)11-16(20)19-9-8-12(2)10-15(19)17(21)22/h4-7,12,15,18H,3,8-11H2,1-2H3,(H,21,22). The highest BCUT2D eigenvalue weighted by molar-refractivity contribution is 7.89. The van der Waals surface area contributed by atoms with E-state index in [2.05, 4.69) is 4.72 Å². The number of carbonyl (C=O) groups excluding carboxylic acids is 1. The second-order valence-electron chi connectivity index (χ2n) is 6.39. The maximum absolute atomic E-state index is 12.5. The molecule has 0 radical (unpaired) electrons. The largest absolute Gasteiger partial charge is 0.480 e. The van der Waals surface area contributed by atoms with Crippen LogP contribution in [-0.4, -0.2) is 49.4 Å². The molecule has 7 nitrogen and oxygen atoms in total. The first-order valence-electron chi connectivity index (χ1n) is 8.35. The molecular weight excluding hydrogens is 344 g/mol. The van der Waals surface area contributed by atoms with E-state index in [1.165, 1.54) is 17.0 Å². The number of carbonyl (C=O) groups is 2. The molecule has 1 aliphatic rings. The van der Waals surface area contributed by atoms with Gasteiger partial charge in [0.2, 0.25) is 15.9 Å². The Morgan fingerprint density at radius 1 is 1.28 bits per heavy atom. The summed E-state index contributed by atoms with van der Waals surface area (Å²) >= 11 is 0. The second-order valence-corrected chi connectivity index (χ2v) is 8.16. The fourth-order valence-corrected chi connectivity index (χ4v) is 4.05. The van der Waals surface area contributed by atoms with Crippen molar-refractivity contribution < 1.29 is 23.1 Å². The van der Waals surface area contributed by atoms with E-state index in [-0.39, 0.29) is 23.1 Å². The minimum Gasteiger partial charge on any atom is -0.480 e. The number of hydrogen-bond acceptors (Lipinski definition) is 4. The van der Waals surface area contributed by atoms with Crippen LogP contribution < -0.4 is 4.72 Å². The van der Waals surface area contributed by atoms with E-state index in [1.54, 1.807) is 19.1 Å². The maximum atomic E-state index is 12.5. The number of sulfonamides is 1. The quantitative estimate of drug-likeness (QED) is 0.786. The van der Waals surface area contributed by atoms with Crippen molar-refractivity contribution in [2.24, 2.45) is 5.92 Å². The lowest BCUT2D eigenvalue weighted by molar-refractivity contribution is -0.152. The molecule has 1 aromatic rings. The molecule has 25 heavy (non-hydrogen) atoms. The molecule has 0 aliphatic carbocycles. The molecule has 1 amide bonds. The first-order valence-corrected chi connectivity index (χ1v) is 9.83. The molecule has 1 fully saturated rings. The molecule has 0 aromatic heterocycles. The van der Waals surface area contributed by atoms with Crippen LogP contribution in [-0.2, 0) is 26.0 Å². The monoisotopic (exact) mass is 368 g/mol. The van der Waals surface area contributed by atoms with Gasteiger partial charge in [0, 0.05) is 13.1 Å². The Balaban J connectivity index is 2.08. The van der Waals surface area contributed by atoms with Crippen LogP contribution in [0.5, 0.6) is 0 Å². The Morgan fingerprint density at radius 2 is 1.92 bits per heavy atom. The maximum Gasteiger partial charge on any atom is 0.326 e. The average Bonchev–Trinajstić information content (AvgIpc) is 2.55. The third kappa shape index (κ3) is 4.79. The summed E-state index contributed by atoms with van der Waals surface area (Å²) in [7, 11) is -3.53. The number of nitrogens with one attached hydrogen (secondary N) is 1. The molecule has 0 spiro atoms. The molecule has 1 heterocycles. The van der Waals surface area contributed by atoms with Gasteiger partial charge in [-0.05, 0) is 36.5 Å². The SMILES string of the molecule is CCNS(=O)(=O)c1ccc(CC(=O)N2CCC(C)CC2C(=O)O)cc1. The van der Waals surface area contributed by atoms with Crippen LogP contribution in [0.3, 0.4) is 0 Å². The van der Waals surface area contributed by atoms with Crippen molar-refractivity contribution in [3.63, 3.8) is 0 Å². The summed E-state index contributed by atoms with van der Waals surface area (Å²) in [6, 6.07) is 5.29. The zero-order valence-electron chi connectivity index (χ0n) is 14.4. The Morgan fingerprint density at radius 3 is 2.48 bits per heavy atom. The zero-order valence-corrected chi connectivity index (χ0v) is 15.3. The van der Waals surface area contributed by atoms with Gasteiger partial charge in [0.1, 0.15) is 6.04 Å². The third-order valence-corrected chi connectivity index (χ3v) is 5.95. The normalized spacial score (nSPS) is 21.1. The smallest absolute Gasteiger partial charge is 0.326 e. The van der Waals surface area contributed by atoms with Crippen molar-refractivity contribution in [2.75, 3.05) is 13.1 Å². The van der Waals surface area contributed by atoms with E-state index in [0.717, 1.165) is 6.42 Å². The molecule has 0 bridgehead atoms. The van der Waals surface area contributed by atoms with Crippen molar-refractivity contribution in [3.8, 4) is 0 Å². The van der Waals surface area contributed by atoms with E-state index in [9.17, 15) is 23.1 Å². The molecule has 138 valence electrons. The lowest BCUT2D eigenvalue weighted by Gasteiger charge is -2.36. The predicted molar refractivity (Wildman–Crippen MR) is 92.5 cm³/mol. The summed E-state index contributed by atoms with van der Waals surface area (Å²) < 4.78 is 26.2. The minimum atomic E-state index is -3.53. The average molecular weight is 368 g/mol. The summed E-state index contributed by atoms with van der Waals surface area (Å²) in [4.78, 5) is 25.5.